The van der Waals surface area contributed by atoms with Gasteiger partial charge in [0, 0.05) is 28.2 Å². The SMILES string of the molecule is COc1cc(C2CC(C(=O)N/N=C/c3c(C)[nH]c4ccccc34)NN2)ccc1OCc1ccc(C)cc1. The van der Waals surface area contributed by atoms with Crippen LogP contribution in [0.3, 0.4) is 0 Å². The number of hydrazine groups is 1. The number of benzene rings is 3. The number of hydrogen-bond acceptors (Lipinski definition) is 6. The summed E-state index contributed by atoms with van der Waals surface area (Å²) in [5, 5.41) is 5.28. The normalized spacial score (nSPS) is 17.4. The van der Waals surface area contributed by atoms with E-state index < -0.39 is 6.04 Å². The summed E-state index contributed by atoms with van der Waals surface area (Å²) in [7, 11) is 1.63. The summed E-state index contributed by atoms with van der Waals surface area (Å²) < 4.78 is 11.6. The average Bonchev–Trinajstić information content (AvgIpc) is 3.53. The van der Waals surface area contributed by atoms with Crippen molar-refractivity contribution in [2.24, 2.45) is 5.10 Å². The fraction of sp³-hybridized carbons (Fsp3) is 0.241. The highest BCUT2D eigenvalue weighted by atomic mass is 16.5. The number of aromatic nitrogens is 1. The molecule has 8 heteroatoms. The van der Waals surface area contributed by atoms with Crippen molar-refractivity contribution < 1.29 is 14.3 Å². The van der Waals surface area contributed by atoms with E-state index in [0.29, 0.717) is 24.5 Å². The molecule has 2 unspecified atom stereocenters. The van der Waals surface area contributed by atoms with Gasteiger partial charge in [0.05, 0.1) is 13.3 Å². The summed E-state index contributed by atoms with van der Waals surface area (Å²) in [6, 6.07) is 21.6. The number of rotatable bonds is 8. The van der Waals surface area contributed by atoms with Crippen molar-refractivity contribution in [1.82, 2.24) is 21.3 Å². The van der Waals surface area contributed by atoms with Gasteiger partial charge in [0.2, 0.25) is 0 Å². The predicted octanol–water partition coefficient (Wildman–Crippen LogP) is 4.43. The Bertz CT molecular complexity index is 1430. The fourth-order valence-electron chi connectivity index (χ4n) is 4.52. The molecule has 2 heterocycles. The average molecular weight is 498 g/mol. The number of hydrogen-bond donors (Lipinski definition) is 4. The number of aromatic amines is 1. The minimum Gasteiger partial charge on any atom is -0.493 e. The van der Waals surface area contributed by atoms with E-state index in [1.54, 1.807) is 13.3 Å². The van der Waals surface area contributed by atoms with Crippen LogP contribution < -0.4 is 25.8 Å². The van der Waals surface area contributed by atoms with Crippen LogP contribution in [0.25, 0.3) is 10.9 Å². The van der Waals surface area contributed by atoms with Gasteiger partial charge in [-0.05, 0) is 49.6 Å². The maximum atomic E-state index is 12.7. The number of para-hydroxylation sites is 1. The van der Waals surface area contributed by atoms with Crippen molar-refractivity contribution in [3.05, 3.63) is 94.7 Å². The first-order valence-corrected chi connectivity index (χ1v) is 12.3. The highest BCUT2D eigenvalue weighted by Crippen LogP contribution is 2.33. The first kappa shape index (κ1) is 24.5. The van der Waals surface area contributed by atoms with E-state index in [4.69, 9.17) is 9.47 Å². The van der Waals surface area contributed by atoms with Gasteiger partial charge in [0.1, 0.15) is 12.6 Å². The summed E-state index contributed by atoms with van der Waals surface area (Å²) in [5.74, 6) is 1.13. The second-order valence-corrected chi connectivity index (χ2v) is 9.26. The largest absolute Gasteiger partial charge is 0.493 e. The molecule has 1 saturated heterocycles. The van der Waals surface area contributed by atoms with E-state index >= 15 is 0 Å². The highest BCUT2D eigenvalue weighted by Gasteiger charge is 2.30. The van der Waals surface area contributed by atoms with Gasteiger partial charge in [0.15, 0.2) is 11.5 Å². The third kappa shape index (κ3) is 5.50. The molecule has 1 aliphatic heterocycles. The van der Waals surface area contributed by atoms with Crippen LogP contribution in [0.4, 0.5) is 0 Å². The molecule has 0 bridgehead atoms. The number of carbonyl (C=O) groups excluding carboxylic acids is 1. The summed E-state index contributed by atoms with van der Waals surface area (Å²) in [6.07, 6.45) is 2.26. The smallest absolute Gasteiger partial charge is 0.258 e. The van der Waals surface area contributed by atoms with Crippen molar-refractivity contribution >= 4 is 23.0 Å². The number of amides is 1. The Labute approximate surface area is 216 Å². The molecule has 4 N–H and O–H groups in total. The van der Waals surface area contributed by atoms with Gasteiger partial charge in [-0.3, -0.25) is 4.79 Å². The van der Waals surface area contributed by atoms with Crippen molar-refractivity contribution in [2.75, 3.05) is 7.11 Å². The molecule has 3 aromatic carbocycles. The lowest BCUT2D eigenvalue weighted by Crippen LogP contribution is -2.41. The van der Waals surface area contributed by atoms with Crippen molar-refractivity contribution in [2.45, 2.75) is 39.0 Å². The van der Waals surface area contributed by atoms with Crippen molar-refractivity contribution in [3.63, 3.8) is 0 Å². The zero-order valence-corrected chi connectivity index (χ0v) is 21.2. The number of H-pyrrole nitrogens is 1. The van der Waals surface area contributed by atoms with Crippen molar-refractivity contribution in [3.8, 4) is 11.5 Å². The number of hydrazone groups is 1. The second-order valence-electron chi connectivity index (χ2n) is 9.26. The second kappa shape index (κ2) is 10.9. The van der Waals surface area contributed by atoms with Gasteiger partial charge in [0.25, 0.3) is 5.91 Å². The van der Waals surface area contributed by atoms with Gasteiger partial charge in [-0.1, -0.05) is 54.1 Å². The van der Waals surface area contributed by atoms with Crippen LogP contribution in [-0.2, 0) is 11.4 Å². The molecule has 1 fully saturated rings. The molecule has 190 valence electrons. The number of nitrogens with zero attached hydrogens (tertiary/aromatic N) is 1. The Morgan fingerprint density at radius 1 is 1.05 bits per heavy atom. The summed E-state index contributed by atoms with van der Waals surface area (Å²) in [5.41, 5.74) is 15.3. The van der Waals surface area contributed by atoms with Gasteiger partial charge >= 0.3 is 0 Å². The maximum Gasteiger partial charge on any atom is 0.258 e. The standard InChI is InChI=1S/C29H31N5O3/c1-18-8-10-20(11-9-18)17-37-27-13-12-21(14-28(27)36-3)25-15-26(33-32-25)29(35)34-30-16-23-19(2)31-24-7-5-4-6-22(23)24/h4-14,16,25-26,31-33H,15,17H2,1-3H3,(H,34,35)/b30-16+. The fourth-order valence-corrected chi connectivity index (χ4v) is 4.52. The lowest BCUT2D eigenvalue weighted by atomic mass is 10.0. The number of nitrogens with one attached hydrogen (secondary N) is 4. The Morgan fingerprint density at radius 2 is 1.86 bits per heavy atom. The van der Waals surface area contributed by atoms with E-state index in [2.05, 4.69) is 57.6 Å². The van der Waals surface area contributed by atoms with E-state index in [1.165, 1.54) is 5.56 Å². The molecular formula is C29H31N5O3. The van der Waals surface area contributed by atoms with Crippen LogP contribution in [0.5, 0.6) is 11.5 Å². The quantitative estimate of drug-likeness (QED) is 0.213. The summed E-state index contributed by atoms with van der Waals surface area (Å²) >= 11 is 0. The van der Waals surface area contributed by atoms with E-state index in [1.807, 2.05) is 49.4 Å². The van der Waals surface area contributed by atoms with Crippen LogP contribution in [-0.4, -0.2) is 30.3 Å². The number of fused-ring (bicyclic) bond motifs is 1. The molecule has 0 radical (unpaired) electrons. The lowest BCUT2D eigenvalue weighted by Gasteiger charge is -2.15. The molecule has 4 aromatic rings. The Kier molecular flexibility index (Phi) is 7.20. The van der Waals surface area contributed by atoms with Gasteiger partial charge in [-0.2, -0.15) is 5.10 Å². The molecule has 0 saturated carbocycles. The van der Waals surface area contributed by atoms with Crippen LogP contribution >= 0.6 is 0 Å². The molecule has 1 aromatic heterocycles. The van der Waals surface area contributed by atoms with Gasteiger partial charge < -0.3 is 14.5 Å². The van der Waals surface area contributed by atoms with E-state index in [9.17, 15) is 4.79 Å². The third-order valence-electron chi connectivity index (χ3n) is 6.64. The molecule has 5 rings (SSSR count). The maximum absolute atomic E-state index is 12.7. The minimum atomic E-state index is -0.422. The number of aryl methyl sites for hydroxylation is 2. The minimum absolute atomic E-state index is 0.0596. The molecule has 1 amide bonds. The van der Waals surface area contributed by atoms with Crippen LogP contribution in [0.2, 0.25) is 0 Å². The number of ether oxygens (including phenoxy) is 2. The summed E-state index contributed by atoms with van der Waals surface area (Å²) in [6.45, 7) is 4.51. The van der Waals surface area contributed by atoms with Crippen LogP contribution in [0, 0.1) is 13.8 Å². The Hall–Kier alpha value is -4.14. The van der Waals surface area contributed by atoms with E-state index in [-0.39, 0.29) is 11.9 Å². The van der Waals surface area contributed by atoms with E-state index in [0.717, 1.165) is 33.3 Å². The monoisotopic (exact) mass is 497 g/mol. The topological polar surface area (TPSA) is 99.8 Å². The molecule has 0 spiro atoms. The molecule has 2 atom stereocenters. The zero-order valence-electron chi connectivity index (χ0n) is 21.2. The van der Waals surface area contributed by atoms with Gasteiger partial charge in [-0.15, -0.1) is 0 Å². The number of methoxy groups -OCH3 is 1. The third-order valence-corrected chi connectivity index (χ3v) is 6.64. The summed E-state index contributed by atoms with van der Waals surface area (Å²) in [4.78, 5) is 16.1. The molecule has 8 nitrogen and oxygen atoms in total. The van der Waals surface area contributed by atoms with Crippen LogP contribution in [0.15, 0.2) is 71.8 Å². The Balaban J connectivity index is 1.18. The Morgan fingerprint density at radius 3 is 2.68 bits per heavy atom. The predicted molar refractivity (Wildman–Crippen MR) is 145 cm³/mol. The molecule has 1 aliphatic rings. The first-order valence-electron chi connectivity index (χ1n) is 12.3. The molecule has 37 heavy (non-hydrogen) atoms. The molecule has 0 aliphatic carbocycles. The lowest BCUT2D eigenvalue weighted by molar-refractivity contribution is -0.122. The highest BCUT2D eigenvalue weighted by molar-refractivity contribution is 6.00. The first-order chi connectivity index (χ1) is 18.0. The molecular weight excluding hydrogens is 466 g/mol. The number of carbonyl (C=O) groups is 1. The van der Waals surface area contributed by atoms with Crippen molar-refractivity contribution in [1.29, 1.82) is 0 Å². The van der Waals surface area contributed by atoms with Gasteiger partial charge in [-0.25, -0.2) is 16.3 Å². The van der Waals surface area contributed by atoms with Crippen LogP contribution in [0.1, 0.15) is 40.4 Å². The zero-order chi connectivity index (χ0) is 25.8.